The minimum absolute atomic E-state index is 0.363. The average molecular weight is 384 g/mol. The molecule has 0 aliphatic carbocycles. The second kappa shape index (κ2) is 5.40. The maximum Gasteiger partial charge on any atom is 0.145 e. The molecular weight excluding hydrogens is 373 g/mol. The Kier molecular flexibility index (Phi) is 4.15. The number of alkyl halides is 1. The Hall–Kier alpha value is 0.0500. The standard InChI is InChI=1S/C9H11BrIN3O/c10-3-7-5-15-2-1-14(7)9-8(11)4-12-6-13-9/h4,6-7H,1-3,5H2. The van der Waals surface area contributed by atoms with E-state index < -0.39 is 0 Å². The Bertz CT molecular complexity index is 339. The molecule has 15 heavy (non-hydrogen) atoms. The summed E-state index contributed by atoms with van der Waals surface area (Å²) in [7, 11) is 0. The third kappa shape index (κ3) is 2.59. The van der Waals surface area contributed by atoms with Gasteiger partial charge < -0.3 is 9.64 Å². The summed E-state index contributed by atoms with van der Waals surface area (Å²) in [6, 6.07) is 0.363. The van der Waals surface area contributed by atoms with Crippen LogP contribution in [0, 0.1) is 3.57 Å². The van der Waals surface area contributed by atoms with Crippen LogP contribution in [-0.2, 0) is 4.74 Å². The van der Waals surface area contributed by atoms with Gasteiger partial charge in [0.25, 0.3) is 0 Å². The number of halogens is 2. The lowest BCUT2D eigenvalue weighted by molar-refractivity contribution is 0.0999. The van der Waals surface area contributed by atoms with Crippen LogP contribution in [0.5, 0.6) is 0 Å². The van der Waals surface area contributed by atoms with Crippen molar-refractivity contribution >= 4 is 44.3 Å². The fourth-order valence-electron chi connectivity index (χ4n) is 1.58. The van der Waals surface area contributed by atoms with Crippen LogP contribution in [0.1, 0.15) is 0 Å². The van der Waals surface area contributed by atoms with Gasteiger partial charge in [0.15, 0.2) is 0 Å². The normalized spacial score (nSPS) is 21.7. The van der Waals surface area contributed by atoms with Gasteiger partial charge in [-0.25, -0.2) is 9.97 Å². The van der Waals surface area contributed by atoms with E-state index in [0.717, 1.165) is 34.5 Å². The molecule has 0 aromatic carbocycles. The van der Waals surface area contributed by atoms with E-state index in [1.165, 1.54) is 0 Å². The monoisotopic (exact) mass is 383 g/mol. The van der Waals surface area contributed by atoms with E-state index in [1.807, 2.05) is 6.20 Å². The Morgan fingerprint density at radius 1 is 1.67 bits per heavy atom. The number of rotatable bonds is 2. The fourth-order valence-corrected chi connectivity index (χ4v) is 2.73. The number of hydrogen-bond donors (Lipinski definition) is 0. The molecule has 2 rings (SSSR count). The molecule has 1 unspecified atom stereocenters. The average Bonchev–Trinajstić information content (AvgIpc) is 2.30. The Labute approximate surface area is 111 Å². The highest BCUT2D eigenvalue weighted by molar-refractivity contribution is 14.1. The van der Waals surface area contributed by atoms with Gasteiger partial charge in [0.05, 0.1) is 22.8 Å². The van der Waals surface area contributed by atoms with Gasteiger partial charge >= 0.3 is 0 Å². The van der Waals surface area contributed by atoms with Crippen LogP contribution in [-0.4, -0.2) is 41.1 Å². The Morgan fingerprint density at radius 2 is 2.53 bits per heavy atom. The van der Waals surface area contributed by atoms with Crippen LogP contribution >= 0.6 is 38.5 Å². The first-order valence-corrected chi connectivity index (χ1v) is 6.89. The van der Waals surface area contributed by atoms with Crippen molar-refractivity contribution in [3.63, 3.8) is 0 Å². The van der Waals surface area contributed by atoms with E-state index >= 15 is 0 Å². The molecule has 2 heterocycles. The summed E-state index contributed by atoms with van der Waals surface area (Å²) in [5.41, 5.74) is 0. The van der Waals surface area contributed by atoms with E-state index in [1.54, 1.807) is 6.33 Å². The molecular formula is C9H11BrIN3O. The highest BCUT2D eigenvalue weighted by Gasteiger charge is 2.24. The predicted molar refractivity (Wildman–Crippen MR) is 70.5 cm³/mol. The quantitative estimate of drug-likeness (QED) is 0.575. The minimum atomic E-state index is 0.363. The zero-order valence-electron chi connectivity index (χ0n) is 8.07. The van der Waals surface area contributed by atoms with E-state index in [4.69, 9.17) is 4.74 Å². The number of aromatic nitrogens is 2. The lowest BCUT2D eigenvalue weighted by atomic mass is 10.2. The topological polar surface area (TPSA) is 38.2 Å². The molecule has 6 heteroatoms. The Morgan fingerprint density at radius 3 is 3.27 bits per heavy atom. The molecule has 1 aliphatic rings. The van der Waals surface area contributed by atoms with Crippen molar-refractivity contribution in [1.82, 2.24) is 9.97 Å². The lowest BCUT2D eigenvalue weighted by Crippen LogP contribution is -2.47. The SMILES string of the molecule is BrCC1COCCN1c1ncncc1I. The third-order valence-corrected chi connectivity index (χ3v) is 3.83. The number of hydrogen-bond acceptors (Lipinski definition) is 4. The van der Waals surface area contributed by atoms with Crippen molar-refractivity contribution in [3.05, 3.63) is 16.1 Å². The maximum atomic E-state index is 5.45. The van der Waals surface area contributed by atoms with Gasteiger partial charge in [0, 0.05) is 18.1 Å². The molecule has 0 bridgehead atoms. The van der Waals surface area contributed by atoms with Crippen molar-refractivity contribution < 1.29 is 4.74 Å². The van der Waals surface area contributed by atoms with Gasteiger partial charge in [-0.2, -0.15) is 0 Å². The number of morpholine rings is 1. The lowest BCUT2D eigenvalue weighted by Gasteiger charge is -2.35. The van der Waals surface area contributed by atoms with Crippen molar-refractivity contribution in [3.8, 4) is 0 Å². The van der Waals surface area contributed by atoms with Gasteiger partial charge in [-0.3, -0.25) is 0 Å². The zero-order chi connectivity index (χ0) is 10.7. The first kappa shape index (κ1) is 11.5. The second-order valence-corrected chi connectivity index (χ2v) is 5.08. The second-order valence-electron chi connectivity index (χ2n) is 3.27. The summed E-state index contributed by atoms with van der Waals surface area (Å²) in [5.74, 6) is 1.01. The van der Waals surface area contributed by atoms with Gasteiger partial charge in [-0.05, 0) is 22.6 Å². The molecule has 1 aliphatic heterocycles. The van der Waals surface area contributed by atoms with E-state index in [-0.39, 0.29) is 0 Å². The summed E-state index contributed by atoms with van der Waals surface area (Å²) < 4.78 is 6.53. The van der Waals surface area contributed by atoms with E-state index in [9.17, 15) is 0 Å². The molecule has 4 nitrogen and oxygen atoms in total. The number of nitrogens with zero attached hydrogens (tertiary/aromatic N) is 3. The van der Waals surface area contributed by atoms with Gasteiger partial charge in [-0.15, -0.1) is 0 Å². The van der Waals surface area contributed by atoms with Crippen molar-refractivity contribution in [2.75, 3.05) is 30.0 Å². The first-order chi connectivity index (χ1) is 7.33. The first-order valence-electron chi connectivity index (χ1n) is 4.69. The van der Waals surface area contributed by atoms with Gasteiger partial charge in [0.2, 0.25) is 0 Å². The van der Waals surface area contributed by atoms with Crippen LogP contribution in [0.2, 0.25) is 0 Å². The van der Waals surface area contributed by atoms with Gasteiger partial charge in [-0.1, -0.05) is 15.9 Å². The molecule has 0 spiro atoms. The highest BCUT2D eigenvalue weighted by atomic mass is 127. The summed E-state index contributed by atoms with van der Waals surface area (Å²) >= 11 is 5.77. The molecule has 82 valence electrons. The maximum absolute atomic E-state index is 5.45. The highest BCUT2D eigenvalue weighted by Crippen LogP contribution is 2.22. The summed E-state index contributed by atoms with van der Waals surface area (Å²) in [6.45, 7) is 2.41. The summed E-state index contributed by atoms with van der Waals surface area (Å²) in [4.78, 5) is 10.6. The van der Waals surface area contributed by atoms with Crippen LogP contribution in [0.4, 0.5) is 5.82 Å². The Balaban J connectivity index is 2.24. The van der Waals surface area contributed by atoms with Crippen LogP contribution in [0.15, 0.2) is 12.5 Å². The van der Waals surface area contributed by atoms with E-state index in [0.29, 0.717) is 6.04 Å². The zero-order valence-corrected chi connectivity index (χ0v) is 11.8. The van der Waals surface area contributed by atoms with Crippen LogP contribution < -0.4 is 4.90 Å². The molecule has 1 fully saturated rings. The molecule has 0 saturated carbocycles. The molecule has 0 N–H and O–H groups in total. The molecule has 1 aromatic heterocycles. The van der Waals surface area contributed by atoms with Crippen molar-refractivity contribution in [2.24, 2.45) is 0 Å². The third-order valence-electron chi connectivity index (χ3n) is 2.33. The van der Waals surface area contributed by atoms with Crippen LogP contribution in [0.25, 0.3) is 0 Å². The number of ether oxygens (including phenoxy) is 1. The predicted octanol–water partition coefficient (Wildman–Crippen LogP) is 1.68. The van der Waals surface area contributed by atoms with Crippen molar-refractivity contribution in [2.45, 2.75) is 6.04 Å². The summed E-state index contributed by atoms with van der Waals surface area (Å²) in [6.07, 6.45) is 3.43. The van der Waals surface area contributed by atoms with Crippen LogP contribution in [0.3, 0.4) is 0 Å². The molecule has 0 amide bonds. The molecule has 0 radical (unpaired) electrons. The smallest absolute Gasteiger partial charge is 0.145 e. The minimum Gasteiger partial charge on any atom is -0.377 e. The van der Waals surface area contributed by atoms with E-state index in [2.05, 4.69) is 53.4 Å². The molecule has 1 atom stereocenters. The van der Waals surface area contributed by atoms with Crippen molar-refractivity contribution in [1.29, 1.82) is 0 Å². The number of anilines is 1. The van der Waals surface area contributed by atoms with Gasteiger partial charge in [0.1, 0.15) is 12.1 Å². The fraction of sp³-hybridized carbons (Fsp3) is 0.556. The summed E-state index contributed by atoms with van der Waals surface area (Å²) in [5, 5.41) is 0.896. The molecule has 1 aromatic rings. The molecule has 1 saturated heterocycles. The largest absolute Gasteiger partial charge is 0.377 e.